The first kappa shape index (κ1) is 14.3. The SMILES string of the molecule is c1ccc(C2CCC3(CCCc4c3[nH]c3ccccc43)CC2)cc1. The molecule has 0 aliphatic heterocycles. The van der Waals surface area contributed by atoms with Crippen LogP contribution >= 0.6 is 0 Å². The zero-order valence-electron chi connectivity index (χ0n) is 14.2. The van der Waals surface area contributed by atoms with Crippen LogP contribution in [0.5, 0.6) is 0 Å². The van der Waals surface area contributed by atoms with Gasteiger partial charge in [0.1, 0.15) is 0 Å². The highest BCUT2D eigenvalue weighted by molar-refractivity contribution is 5.85. The van der Waals surface area contributed by atoms with Crippen LogP contribution in [-0.4, -0.2) is 4.98 Å². The van der Waals surface area contributed by atoms with Gasteiger partial charge in [-0.15, -0.1) is 0 Å². The monoisotopic (exact) mass is 315 g/mol. The van der Waals surface area contributed by atoms with E-state index in [2.05, 4.69) is 59.6 Å². The van der Waals surface area contributed by atoms with Gasteiger partial charge < -0.3 is 4.98 Å². The van der Waals surface area contributed by atoms with Gasteiger partial charge in [0.15, 0.2) is 0 Å². The van der Waals surface area contributed by atoms with Crippen molar-refractivity contribution in [3.8, 4) is 0 Å². The predicted molar refractivity (Wildman–Crippen MR) is 101 cm³/mol. The Morgan fingerprint density at radius 2 is 1.58 bits per heavy atom. The van der Waals surface area contributed by atoms with Gasteiger partial charge >= 0.3 is 0 Å². The van der Waals surface area contributed by atoms with Crippen molar-refractivity contribution < 1.29 is 0 Å². The maximum Gasteiger partial charge on any atom is 0.0459 e. The lowest BCUT2D eigenvalue weighted by Gasteiger charge is -2.43. The summed E-state index contributed by atoms with van der Waals surface area (Å²) in [6.45, 7) is 0. The molecule has 0 unspecified atom stereocenters. The van der Waals surface area contributed by atoms with Gasteiger partial charge in [0.25, 0.3) is 0 Å². The van der Waals surface area contributed by atoms with Crippen molar-refractivity contribution >= 4 is 10.9 Å². The van der Waals surface area contributed by atoms with Crippen LogP contribution in [0.4, 0.5) is 0 Å². The molecule has 2 aliphatic carbocycles. The number of rotatable bonds is 1. The molecule has 1 N–H and O–H groups in total. The molecule has 1 heteroatoms. The van der Waals surface area contributed by atoms with E-state index in [1.165, 1.54) is 55.8 Å². The van der Waals surface area contributed by atoms with E-state index in [4.69, 9.17) is 0 Å². The molecule has 1 fully saturated rings. The second-order valence-electron chi connectivity index (χ2n) is 7.84. The molecular formula is C23H25N. The quantitative estimate of drug-likeness (QED) is 0.558. The molecular weight excluding hydrogens is 290 g/mol. The third-order valence-corrected chi connectivity index (χ3v) is 6.64. The fourth-order valence-corrected chi connectivity index (χ4v) is 5.37. The highest BCUT2D eigenvalue weighted by Gasteiger charge is 2.41. The minimum absolute atomic E-state index is 0.415. The molecule has 5 rings (SSSR count). The molecule has 24 heavy (non-hydrogen) atoms. The zero-order valence-corrected chi connectivity index (χ0v) is 14.2. The van der Waals surface area contributed by atoms with Crippen molar-refractivity contribution in [3.63, 3.8) is 0 Å². The normalized spacial score (nSPS) is 26.6. The van der Waals surface area contributed by atoms with Crippen LogP contribution in [0.3, 0.4) is 0 Å². The molecule has 0 bridgehead atoms. The van der Waals surface area contributed by atoms with Crippen molar-refractivity contribution in [3.05, 3.63) is 71.4 Å². The van der Waals surface area contributed by atoms with Gasteiger partial charge in [0.05, 0.1) is 0 Å². The highest BCUT2D eigenvalue weighted by atomic mass is 14.8. The number of hydrogen-bond acceptors (Lipinski definition) is 0. The first-order valence-electron chi connectivity index (χ1n) is 9.51. The summed E-state index contributed by atoms with van der Waals surface area (Å²) in [5.41, 5.74) is 6.50. The van der Waals surface area contributed by atoms with Gasteiger partial charge in [-0.05, 0) is 68.1 Å². The highest BCUT2D eigenvalue weighted by Crippen LogP contribution is 2.51. The molecule has 1 saturated carbocycles. The Labute approximate surface area is 144 Å². The molecule has 1 nitrogen and oxygen atoms in total. The lowest BCUT2D eigenvalue weighted by atomic mass is 9.62. The zero-order chi connectivity index (χ0) is 16.0. The maximum atomic E-state index is 3.83. The van der Waals surface area contributed by atoms with Gasteiger partial charge in [-0.3, -0.25) is 0 Å². The van der Waals surface area contributed by atoms with Crippen LogP contribution in [0.15, 0.2) is 54.6 Å². The van der Waals surface area contributed by atoms with Crippen molar-refractivity contribution in [1.29, 1.82) is 0 Å². The number of benzene rings is 2. The van der Waals surface area contributed by atoms with Gasteiger partial charge in [-0.2, -0.15) is 0 Å². The van der Waals surface area contributed by atoms with E-state index < -0.39 is 0 Å². The summed E-state index contributed by atoms with van der Waals surface area (Å²) in [6.07, 6.45) is 9.32. The minimum Gasteiger partial charge on any atom is -0.358 e. The topological polar surface area (TPSA) is 15.8 Å². The lowest BCUT2D eigenvalue weighted by Crippen LogP contribution is -2.35. The average Bonchev–Trinajstić information content (AvgIpc) is 3.04. The van der Waals surface area contributed by atoms with Gasteiger partial charge in [0, 0.05) is 22.0 Å². The van der Waals surface area contributed by atoms with Crippen molar-refractivity contribution in [2.75, 3.05) is 0 Å². The van der Waals surface area contributed by atoms with Gasteiger partial charge in [-0.25, -0.2) is 0 Å². The molecule has 1 heterocycles. The second kappa shape index (κ2) is 5.51. The van der Waals surface area contributed by atoms with Crippen LogP contribution in [0.2, 0.25) is 0 Å². The molecule has 0 radical (unpaired) electrons. The Hall–Kier alpha value is -2.02. The molecule has 0 amide bonds. The number of hydrogen-bond donors (Lipinski definition) is 1. The number of aryl methyl sites for hydroxylation is 1. The number of fused-ring (bicyclic) bond motifs is 4. The Bertz CT molecular complexity index is 850. The Morgan fingerprint density at radius 1 is 0.833 bits per heavy atom. The van der Waals surface area contributed by atoms with Gasteiger partial charge in [0.2, 0.25) is 0 Å². The summed E-state index contributed by atoms with van der Waals surface area (Å²) < 4.78 is 0. The third-order valence-electron chi connectivity index (χ3n) is 6.64. The minimum atomic E-state index is 0.415. The fourth-order valence-electron chi connectivity index (χ4n) is 5.37. The van der Waals surface area contributed by atoms with E-state index in [0.29, 0.717) is 5.41 Å². The molecule has 0 saturated heterocycles. The van der Waals surface area contributed by atoms with Crippen molar-refractivity contribution in [1.82, 2.24) is 4.98 Å². The van der Waals surface area contributed by atoms with E-state index in [1.807, 2.05) is 0 Å². The van der Waals surface area contributed by atoms with Crippen LogP contribution in [0.25, 0.3) is 10.9 Å². The number of aromatic nitrogens is 1. The van der Waals surface area contributed by atoms with E-state index in [1.54, 1.807) is 16.8 Å². The summed E-state index contributed by atoms with van der Waals surface area (Å²) >= 11 is 0. The number of H-pyrrole nitrogens is 1. The number of aromatic amines is 1. The average molecular weight is 315 g/mol. The standard InChI is InChI=1S/C23H25N/c1-2-7-17(8-3-1)18-12-15-23(16-13-18)14-6-10-20-19-9-4-5-11-21(19)24-22(20)23/h1-5,7-9,11,18,24H,6,10,12-16H2. The molecule has 1 aromatic heterocycles. The van der Waals surface area contributed by atoms with E-state index in [0.717, 1.165) is 5.92 Å². The second-order valence-corrected chi connectivity index (χ2v) is 7.84. The van der Waals surface area contributed by atoms with E-state index in [-0.39, 0.29) is 0 Å². The predicted octanol–water partition coefficient (Wildman–Crippen LogP) is 6.10. The molecule has 1 spiro atoms. The molecule has 0 atom stereocenters. The number of nitrogens with one attached hydrogen (secondary N) is 1. The Morgan fingerprint density at radius 3 is 2.42 bits per heavy atom. The Balaban J connectivity index is 1.49. The van der Waals surface area contributed by atoms with Crippen LogP contribution in [0.1, 0.15) is 61.3 Å². The summed E-state index contributed by atoms with van der Waals surface area (Å²) in [7, 11) is 0. The summed E-state index contributed by atoms with van der Waals surface area (Å²) in [5, 5.41) is 1.47. The van der Waals surface area contributed by atoms with Crippen molar-refractivity contribution in [2.45, 2.75) is 56.3 Å². The molecule has 2 aliphatic rings. The van der Waals surface area contributed by atoms with Gasteiger partial charge in [-0.1, -0.05) is 48.5 Å². The summed E-state index contributed by atoms with van der Waals surface area (Å²) in [5.74, 6) is 0.756. The first-order chi connectivity index (χ1) is 11.9. The smallest absolute Gasteiger partial charge is 0.0459 e. The largest absolute Gasteiger partial charge is 0.358 e. The maximum absolute atomic E-state index is 3.83. The van der Waals surface area contributed by atoms with E-state index >= 15 is 0 Å². The molecule has 2 aromatic carbocycles. The van der Waals surface area contributed by atoms with Crippen LogP contribution in [-0.2, 0) is 11.8 Å². The fraction of sp³-hybridized carbons (Fsp3) is 0.391. The van der Waals surface area contributed by atoms with E-state index in [9.17, 15) is 0 Å². The van der Waals surface area contributed by atoms with Crippen molar-refractivity contribution in [2.24, 2.45) is 0 Å². The first-order valence-corrected chi connectivity index (χ1v) is 9.51. The molecule has 3 aromatic rings. The summed E-state index contributed by atoms with van der Waals surface area (Å²) in [6, 6.07) is 20.0. The van der Waals surface area contributed by atoms with Crippen LogP contribution in [0, 0.1) is 0 Å². The lowest BCUT2D eigenvalue weighted by molar-refractivity contribution is 0.232. The number of para-hydroxylation sites is 1. The third kappa shape index (κ3) is 2.14. The van der Waals surface area contributed by atoms with Crippen LogP contribution < -0.4 is 0 Å². The molecule has 122 valence electrons. The Kier molecular flexibility index (Phi) is 3.29. The summed E-state index contributed by atoms with van der Waals surface area (Å²) in [4.78, 5) is 3.83.